The molecule has 0 saturated heterocycles. The SMILES string of the molecule is COc1cc(/C=C\c2[nH]c(=O)[nH]c(=O)c2[N+](=O)[O-])ccc1OCc1ccc(C)cc1. The highest BCUT2D eigenvalue weighted by atomic mass is 16.6. The summed E-state index contributed by atoms with van der Waals surface area (Å²) < 4.78 is 11.2. The van der Waals surface area contributed by atoms with Gasteiger partial charge in [0.1, 0.15) is 12.3 Å². The average Bonchev–Trinajstić information content (AvgIpc) is 2.71. The van der Waals surface area contributed by atoms with E-state index in [-0.39, 0.29) is 5.69 Å². The maximum Gasteiger partial charge on any atom is 0.357 e. The Morgan fingerprint density at radius 1 is 1.03 bits per heavy atom. The van der Waals surface area contributed by atoms with Crippen molar-refractivity contribution in [3.63, 3.8) is 0 Å². The summed E-state index contributed by atoms with van der Waals surface area (Å²) in [6.07, 6.45) is 2.81. The number of ether oxygens (including phenoxy) is 2. The number of methoxy groups -OCH3 is 1. The van der Waals surface area contributed by atoms with Gasteiger partial charge in [-0.3, -0.25) is 19.9 Å². The third-order valence-electron chi connectivity index (χ3n) is 4.27. The van der Waals surface area contributed by atoms with E-state index < -0.39 is 21.9 Å². The third-order valence-corrected chi connectivity index (χ3v) is 4.27. The van der Waals surface area contributed by atoms with Crippen molar-refractivity contribution >= 4 is 17.8 Å². The number of aromatic nitrogens is 2. The predicted molar refractivity (Wildman–Crippen MR) is 112 cm³/mol. The van der Waals surface area contributed by atoms with Crippen LogP contribution in [0.1, 0.15) is 22.4 Å². The van der Waals surface area contributed by atoms with Crippen LogP contribution in [0.15, 0.2) is 52.1 Å². The summed E-state index contributed by atoms with van der Waals surface area (Å²) in [6, 6.07) is 13.1. The molecule has 0 fully saturated rings. The molecule has 0 amide bonds. The standard InChI is InChI=1S/C21H19N3O6/c1-13-3-5-15(6-4-13)12-30-17-10-8-14(11-18(17)29-2)7-9-16-19(24(27)28)20(25)23-21(26)22-16/h3-11H,12H2,1-2H3,(H2,22,23,25,26)/b9-7-. The molecule has 3 rings (SSSR count). The summed E-state index contributed by atoms with van der Waals surface area (Å²) in [5, 5.41) is 11.1. The Balaban J connectivity index is 1.83. The van der Waals surface area contributed by atoms with Gasteiger partial charge < -0.3 is 14.5 Å². The summed E-state index contributed by atoms with van der Waals surface area (Å²) in [5.74, 6) is 1.00. The van der Waals surface area contributed by atoms with Crippen LogP contribution in [0.3, 0.4) is 0 Å². The summed E-state index contributed by atoms with van der Waals surface area (Å²) in [7, 11) is 1.50. The van der Waals surface area contributed by atoms with Crippen LogP contribution in [0.2, 0.25) is 0 Å². The molecule has 0 radical (unpaired) electrons. The van der Waals surface area contributed by atoms with Gasteiger partial charge in [0.15, 0.2) is 11.5 Å². The van der Waals surface area contributed by atoms with Crippen LogP contribution < -0.4 is 20.7 Å². The average molecular weight is 409 g/mol. The van der Waals surface area contributed by atoms with E-state index in [4.69, 9.17) is 9.47 Å². The van der Waals surface area contributed by atoms with E-state index in [2.05, 4.69) is 4.98 Å². The number of aryl methyl sites for hydroxylation is 1. The zero-order chi connectivity index (χ0) is 21.7. The number of hydrogen-bond donors (Lipinski definition) is 2. The molecule has 0 aliphatic rings. The number of nitrogens with one attached hydrogen (secondary N) is 2. The second-order valence-electron chi connectivity index (χ2n) is 6.45. The number of nitrogens with zero attached hydrogens (tertiary/aromatic N) is 1. The third kappa shape index (κ3) is 4.82. The second kappa shape index (κ2) is 8.91. The van der Waals surface area contributed by atoms with Crippen molar-refractivity contribution < 1.29 is 14.4 Å². The first kappa shape index (κ1) is 20.6. The van der Waals surface area contributed by atoms with Crippen LogP contribution >= 0.6 is 0 Å². The quantitative estimate of drug-likeness (QED) is 0.456. The minimum Gasteiger partial charge on any atom is -0.493 e. The van der Waals surface area contributed by atoms with Crippen molar-refractivity contribution in [3.8, 4) is 11.5 Å². The number of rotatable bonds is 7. The van der Waals surface area contributed by atoms with Crippen LogP contribution in [0.5, 0.6) is 11.5 Å². The minimum absolute atomic E-state index is 0.201. The fourth-order valence-corrected chi connectivity index (χ4v) is 2.73. The number of benzene rings is 2. The predicted octanol–water partition coefficient (Wildman–Crippen LogP) is 3.04. The van der Waals surface area contributed by atoms with Crippen LogP contribution in [-0.2, 0) is 6.61 Å². The molecule has 0 atom stereocenters. The smallest absolute Gasteiger partial charge is 0.357 e. The number of H-pyrrole nitrogens is 2. The Kier molecular flexibility index (Phi) is 6.11. The lowest BCUT2D eigenvalue weighted by Gasteiger charge is -2.11. The second-order valence-corrected chi connectivity index (χ2v) is 6.45. The Morgan fingerprint density at radius 3 is 2.43 bits per heavy atom. The fraction of sp³-hybridized carbons (Fsp3) is 0.143. The van der Waals surface area contributed by atoms with Gasteiger partial charge in [0.25, 0.3) is 0 Å². The van der Waals surface area contributed by atoms with Crippen molar-refractivity contribution in [2.45, 2.75) is 13.5 Å². The zero-order valence-electron chi connectivity index (χ0n) is 16.3. The van der Waals surface area contributed by atoms with Crippen LogP contribution in [0.25, 0.3) is 12.2 Å². The normalized spacial score (nSPS) is 10.9. The maximum absolute atomic E-state index is 11.7. The van der Waals surface area contributed by atoms with E-state index in [1.54, 1.807) is 18.2 Å². The molecule has 2 N–H and O–H groups in total. The highest BCUT2D eigenvalue weighted by molar-refractivity contribution is 5.72. The molecule has 1 heterocycles. The van der Waals surface area contributed by atoms with Gasteiger partial charge in [-0.1, -0.05) is 42.0 Å². The first-order chi connectivity index (χ1) is 14.4. The van der Waals surface area contributed by atoms with Crippen molar-refractivity contribution in [1.82, 2.24) is 9.97 Å². The first-order valence-electron chi connectivity index (χ1n) is 8.93. The topological polar surface area (TPSA) is 127 Å². The summed E-state index contributed by atoms with van der Waals surface area (Å²) in [5.41, 5.74) is -0.0385. The molecule has 0 aliphatic carbocycles. The van der Waals surface area contributed by atoms with E-state index >= 15 is 0 Å². The zero-order valence-corrected chi connectivity index (χ0v) is 16.3. The van der Waals surface area contributed by atoms with Gasteiger partial charge in [0, 0.05) is 0 Å². The molecule has 9 heteroatoms. The summed E-state index contributed by atoms with van der Waals surface area (Å²) in [4.78, 5) is 37.5. The Bertz CT molecular complexity index is 1210. The molecule has 154 valence electrons. The van der Waals surface area contributed by atoms with E-state index in [0.29, 0.717) is 23.7 Å². The van der Waals surface area contributed by atoms with E-state index in [1.807, 2.05) is 36.2 Å². The first-order valence-corrected chi connectivity index (χ1v) is 8.93. The maximum atomic E-state index is 11.7. The molecule has 0 bridgehead atoms. The summed E-state index contributed by atoms with van der Waals surface area (Å²) >= 11 is 0. The lowest BCUT2D eigenvalue weighted by molar-refractivity contribution is -0.386. The molecule has 0 unspecified atom stereocenters. The monoisotopic (exact) mass is 409 g/mol. The molecular formula is C21H19N3O6. The van der Waals surface area contributed by atoms with Gasteiger partial charge in [0.2, 0.25) is 0 Å². The van der Waals surface area contributed by atoms with E-state index in [1.165, 1.54) is 19.3 Å². The van der Waals surface area contributed by atoms with Gasteiger partial charge in [-0.05, 0) is 36.3 Å². The molecule has 0 spiro atoms. The summed E-state index contributed by atoms with van der Waals surface area (Å²) in [6.45, 7) is 2.38. The minimum atomic E-state index is -1.07. The van der Waals surface area contributed by atoms with Gasteiger partial charge in [0.05, 0.1) is 12.0 Å². The molecule has 1 aromatic heterocycles. The molecule has 0 aliphatic heterocycles. The van der Waals surface area contributed by atoms with Crippen molar-refractivity contribution in [3.05, 3.63) is 95.8 Å². The van der Waals surface area contributed by atoms with Crippen molar-refractivity contribution in [2.75, 3.05) is 7.11 Å². The van der Waals surface area contributed by atoms with Crippen LogP contribution in [0.4, 0.5) is 5.69 Å². The Hall–Kier alpha value is -4.14. The van der Waals surface area contributed by atoms with Gasteiger partial charge in [-0.15, -0.1) is 0 Å². The van der Waals surface area contributed by atoms with Crippen molar-refractivity contribution in [1.29, 1.82) is 0 Å². The lowest BCUT2D eigenvalue weighted by atomic mass is 10.1. The number of nitro groups is 1. The van der Waals surface area contributed by atoms with Gasteiger partial charge in [-0.2, -0.15) is 0 Å². The molecule has 3 aromatic rings. The van der Waals surface area contributed by atoms with Crippen molar-refractivity contribution in [2.24, 2.45) is 0 Å². The number of aromatic amines is 2. The number of hydrogen-bond acceptors (Lipinski definition) is 6. The fourth-order valence-electron chi connectivity index (χ4n) is 2.73. The molecular weight excluding hydrogens is 390 g/mol. The highest BCUT2D eigenvalue weighted by Crippen LogP contribution is 2.29. The van der Waals surface area contributed by atoms with Crippen LogP contribution in [0, 0.1) is 17.0 Å². The lowest BCUT2D eigenvalue weighted by Crippen LogP contribution is -2.25. The Morgan fingerprint density at radius 2 is 1.77 bits per heavy atom. The molecule has 30 heavy (non-hydrogen) atoms. The molecule has 2 aromatic carbocycles. The molecule has 9 nitrogen and oxygen atoms in total. The molecule has 0 saturated carbocycles. The van der Waals surface area contributed by atoms with E-state index in [0.717, 1.165) is 11.1 Å². The highest BCUT2D eigenvalue weighted by Gasteiger charge is 2.18. The van der Waals surface area contributed by atoms with Gasteiger partial charge in [-0.25, -0.2) is 4.79 Å². The largest absolute Gasteiger partial charge is 0.493 e. The van der Waals surface area contributed by atoms with Gasteiger partial charge >= 0.3 is 16.9 Å². The Labute approximate surface area is 170 Å². The van der Waals surface area contributed by atoms with E-state index in [9.17, 15) is 19.7 Å². The van der Waals surface area contributed by atoms with Crippen LogP contribution in [-0.4, -0.2) is 22.0 Å².